The Morgan fingerprint density at radius 1 is 1.38 bits per heavy atom. The van der Waals surface area contributed by atoms with Crippen molar-refractivity contribution in [3.63, 3.8) is 0 Å². The smallest absolute Gasteiger partial charge is 0.307 e. The molecule has 116 valence electrons. The SMILES string of the molecule is COC(=O)CCN(C)C(=O)C(C)Oc1ccc(Cl)cc1C. The number of methoxy groups -OCH3 is 1. The number of ether oxygens (including phenoxy) is 2. The molecular formula is C15H20ClNO4. The first kappa shape index (κ1) is 17.3. The monoisotopic (exact) mass is 313 g/mol. The van der Waals surface area contributed by atoms with Crippen LogP contribution < -0.4 is 4.74 Å². The predicted molar refractivity (Wildman–Crippen MR) is 80.5 cm³/mol. The van der Waals surface area contributed by atoms with Gasteiger partial charge in [-0.3, -0.25) is 9.59 Å². The van der Waals surface area contributed by atoms with Gasteiger partial charge in [-0.1, -0.05) is 11.6 Å². The van der Waals surface area contributed by atoms with Gasteiger partial charge in [-0.15, -0.1) is 0 Å². The number of nitrogens with zero attached hydrogens (tertiary/aromatic N) is 1. The number of carbonyl (C=O) groups is 2. The molecule has 1 aromatic rings. The Hall–Kier alpha value is -1.75. The molecule has 6 heteroatoms. The summed E-state index contributed by atoms with van der Waals surface area (Å²) in [6.45, 7) is 3.82. The summed E-state index contributed by atoms with van der Waals surface area (Å²) in [5.41, 5.74) is 0.861. The van der Waals surface area contributed by atoms with E-state index in [2.05, 4.69) is 4.74 Å². The summed E-state index contributed by atoms with van der Waals surface area (Å²) < 4.78 is 10.2. The third-order valence-corrected chi connectivity index (χ3v) is 3.28. The second-order valence-corrected chi connectivity index (χ2v) is 5.19. The molecule has 0 fully saturated rings. The van der Waals surface area contributed by atoms with Gasteiger partial charge in [0.25, 0.3) is 5.91 Å². The number of esters is 1. The van der Waals surface area contributed by atoms with Crippen LogP contribution in [0.25, 0.3) is 0 Å². The molecule has 1 unspecified atom stereocenters. The van der Waals surface area contributed by atoms with Crippen LogP contribution in [0.5, 0.6) is 5.75 Å². The zero-order valence-electron chi connectivity index (χ0n) is 12.7. The standard InChI is InChI=1S/C15H20ClNO4/c1-10-9-12(16)5-6-13(10)21-11(2)15(19)17(3)8-7-14(18)20-4/h5-6,9,11H,7-8H2,1-4H3. The van der Waals surface area contributed by atoms with E-state index in [1.165, 1.54) is 12.0 Å². The van der Waals surface area contributed by atoms with Crippen LogP contribution in [-0.4, -0.2) is 43.6 Å². The lowest BCUT2D eigenvalue weighted by atomic mass is 10.2. The second-order valence-electron chi connectivity index (χ2n) is 4.76. The third-order valence-electron chi connectivity index (χ3n) is 3.04. The number of carbonyl (C=O) groups excluding carboxylic acids is 2. The highest BCUT2D eigenvalue weighted by molar-refractivity contribution is 6.30. The third kappa shape index (κ3) is 5.27. The summed E-state index contributed by atoms with van der Waals surface area (Å²) in [4.78, 5) is 24.7. The van der Waals surface area contributed by atoms with Crippen molar-refractivity contribution in [2.75, 3.05) is 20.7 Å². The van der Waals surface area contributed by atoms with E-state index in [0.29, 0.717) is 17.3 Å². The maximum atomic E-state index is 12.1. The van der Waals surface area contributed by atoms with E-state index >= 15 is 0 Å². The molecule has 0 aliphatic rings. The molecule has 21 heavy (non-hydrogen) atoms. The molecule has 1 aromatic carbocycles. The first-order valence-corrected chi connectivity index (χ1v) is 6.97. The van der Waals surface area contributed by atoms with E-state index in [1.54, 1.807) is 32.2 Å². The van der Waals surface area contributed by atoms with Crippen molar-refractivity contribution >= 4 is 23.5 Å². The van der Waals surface area contributed by atoms with Crippen molar-refractivity contribution in [1.29, 1.82) is 0 Å². The number of rotatable bonds is 6. The quantitative estimate of drug-likeness (QED) is 0.757. The molecule has 0 aliphatic carbocycles. The Bertz CT molecular complexity index is 518. The highest BCUT2D eigenvalue weighted by Crippen LogP contribution is 2.23. The Kier molecular flexibility index (Phi) is 6.49. The van der Waals surface area contributed by atoms with Crippen LogP contribution in [0.2, 0.25) is 5.02 Å². The molecule has 0 aromatic heterocycles. The topological polar surface area (TPSA) is 55.8 Å². The fourth-order valence-corrected chi connectivity index (χ4v) is 1.99. The number of aryl methyl sites for hydroxylation is 1. The molecule has 0 heterocycles. The first-order valence-electron chi connectivity index (χ1n) is 6.59. The van der Waals surface area contributed by atoms with Gasteiger partial charge in [-0.25, -0.2) is 0 Å². The molecular weight excluding hydrogens is 294 g/mol. The summed E-state index contributed by atoms with van der Waals surface area (Å²) in [5, 5.41) is 0.619. The minimum atomic E-state index is -0.646. The number of hydrogen-bond acceptors (Lipinski definition) is 4. The zero-order chi connectivity index (χ0) is 16.0. The van der Waals surface area contributed by atoms with E-state index in [4.69, 9.17) is 16.3 Å². The van der Waals surface area contributed by atoms with Crippen LogP contribution in [0, 0.1) is 6.92 Å². The molecule has 0 N–H and O–H groups in total. The summed E-state index contributed by atoms with van der Waals surface area (Å²) in [7, 11) is 2.94. The van der Waals surface area contributed by atoms with Crippen LogP contribution in [0.4, 0.5) is 0 Å². The van der Waals surface area contributed by atoms with Gasteiger partial charge in [0, 0.05) is 18.6 Å². The van der Waals surface area contributed by atoms with Gasteiger partial charge >= 0.3 is 5.97 Å². The lowest BCUT2D eigenvalue weighted by Gasteiger charge is -2.22. The highest BCUT2D eigenvalue weighted by Gasteiger charge is 2.20. The summed E-state index contributed by atoms with van der Waals surface area (Å²) in [6, 6.07) is 5.22. The first-order chi connectivity index (χ1) is 9.85. The lowest BCUT2D eigenvalue weighted by molar-refractivity contribution is -0.142. The summed E-state index contributed by atoms with van der Waals surface area (Å²) >= 11 is 5.88. The average molecular weight is 314 g/mol. The van der Waals surface area contributed by atoms with Gasteiger partial charge in [0.15, 0.2) is 6.10 Å². The molecule has 1 amide bonds. The Morgan fingerprint density at radius 3 is 2.62 bits per heavy atom. The van der Waals surface area contributed by atoms with Gasteiger partial charge < -0.3 is 14.4 Å². The molecule has 1 atom stereocenters. The molecule has 5 nitrogen and oxygen atoms in total. The number of halogens is 1. The van der Waals surface area contributed by atoms with E-state index < -0.39 is 6.10 Å². The van der Waals surface area contributed by atoms with Gasteiger partial charge in [-0.05, 0) is 37.6 Å². The molecule has 0 spiro atoms. The molecule has 0 radical (unpaired) electrons. The predicted octanol–water partition coefficient (Wildman–Crippen LogP) is 2.44. The van der Waals surface area contributed by atoms with Crippen molar-refractivity contribution in [1.82, 2.24) is 4.90 Å². The Morgan fingerprint density at radius 2 is 2.05 bits per heavy atom. The normalized spacial score (nSPS) is 11.7. The van der Waals surface area contributed by atoms with Crippen molar-refractivity contribution in [2.24, 2.45) is 0 Å². The minimum absolute atomic E-state index is 0.158. The average Bonchev–Trinajstić information content (AvgIpc) is 2.46. The van der Waals surface area contributed by atoms with Crippen LogP contribution >= 0.6 is 11.6 Å². The highest BCUT2D eigenvalue weighted by atomic mass is 35.5. The van der Waals surface area contributed by atoms with E-state index in [0.717, 1.165) is 5.56 Å². The lowest BCUT2D eigenvalue weighted by Crippen LogP contribution is -2.39. The minimum Gasteiger partial charge on any atom is -0.481 e. The van der Waals surface area contributed by atoms with Crippen LogP contribution in [0.15, 0.2) is 18.2 Å². The van der Waals surface area contributed by atoms with Gasteiger partial charge in [0.05, 0.1) is 13.5 Å². The molecule has 1 rings (SSSR count). The van der Waals surface area contributed by atoms with E-state index in [-0.39, 0.29) is 18.3 Å². The number of hydrogen-bond donors (Lipinski definition) is 0. The maximum Gasteiger partial charge on any atom is 0.307 e. The number of amides is 1. The summed E-state index contributed by atoms with van der Waals surface area (Å²) in [6.07, 6.45) is -0.488. The van der Waals surface area contributed by atoms with Crippen LogP contribution in [-0.2, 0) is 14.3 Å². The van der Waals surface area contributed by atoms with E-state index in [1.807, 2.05) is 6.92 Å². The van der Waals surface area contributed by atoms with Crippen molar-refractivity contribution < 1.29 is 19.1 Å². The van der Waals surface area contributed by atoms with Crippen LogP contribution in [0.1, 0.15) is 18.9 Å². The second kappa shape index (κ2) is 7.88. The Labute approximate surface area is 129 Å². The molecule has 0 saturated carbocycles. The van der Waals surface area contributed by atoms with Crippen molar-refractivity contribution in [2.45, 2.75) is 26.4 Å². The van der Waals surface area contributed by atoms with Crippen molar-refractivity contribution in [3.8, 4) is 5.75 Å². The number of likely N-dealkylation sites (N-methyl/N-ethyl adjacent to an activating group) is 1. The largest absolute Gasteiger partial charge is 0.481 e. The van der Waals surface area contributed by atoms with Gasteiger partial charge in [-0.2, -0.15) is 0 Å². The molecule has 0 saturated heterocycles. The van der Waals surface area contributed by atoms with E-state index in [9.17, 15) is 9.59 Å². The Balaban J connectivity index is 2.59. The fraction of sp³-hybridized carbons (Fsp3) is 0.467. The molecule has 0 aliphatic heterocycles. The van der Waals surface area contributed by atoms with Gasteiger partial charge in [0.1, 0.15) is 5.75 Å². The van der Waals surface area contributed by atoms with Crippen molar-refractivity contribution in [3.05, 3.63) is 28.8 Å². The van der Waals surface area contributed by atoms with Gasteiger partial charge in [0.2, 0.25) is 0 Å². The fourth-order valence-electron chi connectivity index (χ4n) is 1.77. The zero-order valence-corrected chi connectivity index (χ0v) is 13.4. The maximum absolute atomic E-state index is 12.1. The summed E-state index contributed by atoms with van der Waals surface area (Å²) in [5.74, 6) is 0.0617. The van der Waals surface area contributed by atoms with Crippen LogP contribution in [0.3, 0.4) is 0 Å². The molecule has 0 bridgehead atoms. The number of benzene rings is 1.